The summed E-state index contributed by atoms with van der Waals surface area (Å²) in [5.74, 6) is 0.415. The minimum Gasteiger partial charge on any atom is -0.491 e. The zero-order valence-corrected chi connectivity index (χ0v) is 14.5. The lowest BCUT2D eigenvalue weighted by Crippen LogP contribution is -2.22. The third-order valence-corrected chi connectivity index (χ3v) is 3.95. The normalized spacial score (nSPS) is 16.2. The Morgan fingerprint density at radius 1 is 0.654 bits per heavy atom. The molecule has 3 rings (SSSR count). The van der Waals surface area contributed by atoms with Crippen LogP contribution >= 0.6 is 0 Å². The summed E-state index contributed by atoms with van der Waals surface area (Å²) in [4.78, 5) is 24.4. The lowest BCUT2D eigenvalue weighted by atomic mass is 10.2. The minimum atomic E-state index is -0.399. The predicted molar refractivity (Wildman–Crippen MR) is 99.6 cm³/mol. The van der Waals surface area contributed by atoms with E-state index in [1.54, 1.807) is 24.3 Å². The van der Waals surface area contributed by atoms with E-state index in [9.17, 15) is 9.59 Å². The lowest BCUT2D eigenvalue weighted by Gasteiger charge is -2.15. The standard InChI is InChI=1S/C20H22N2O4/c23-19-14-20(24)22-16-9-3-5-11-18(16)26-13-7-1-6-12-25-17-10-4-2-8-15(17)21-19/h2-5,8-11H,1,6-7,12-14H2,(H,21,23)(H,22,24). The average molecular weight is 354 g/mol. The van der Waals surface area contributed by atoms with Crippen LogP contribution in [0.15, 0.2) is 48.5 Å². The molecule has 0 radical (unpaired) electrons. The number of ether oxygens (including phenoxy) is 2. The van der Waals surface area contributed by atoms with E-state index in [0.29, 0.717) is 36.1 Å². The van der Waals surface area contributed by atoms with Crippen LogP contribution in [0.3, 0.4) is 0 Å². The second-order valence-electron chi connectivity index (χ2n) is 6.02. The van der Waals surface area contributed by atoms with E-state index in [4.69, 9.17) is 9.47 Å². The van der Waals surface area contributed by atoms with E-state index in [0.717, 1.165) is 19.3 Å². The monoisotopic (exact) mass is 354 g/mol. The number of para-hydroxylation sites is 4. The molecule has 2 N–H and O–H groups in total. The number of amides is 2. The number of hydrogen-bond acceptors (Lipinski definition) is 4. The van der Waals surface area contributed by atoms with Crippen molar-refractivity contribution in [2.45, 2.75) is 25.7 Å². The highest BCUT2D eigenvalue weighted by Crippen LogP contribution is 2.26. The van der Waals surface area contributed by atoms with Gasteiger partial charge in [-0.2, -0.15) is 0 Å². The van der Waals surface area contributed by atoms with Crippen molar-refractivity contribution in [3.63, 3.8) is 0 Å². The molecule has 0 aliphatic carbocycles. The molecule has 6 heteroatoms. The molecule has 2 aromatic rings. The van der Waals surface area contributed by atoms with Crippen molar-refractivity contribution in [3.05, 3.63) is 48.5 Å². The first-order valence-corrected chi connectivity index (χ1v) is 8.76. The van der Waals surface area contributed by atoms with Crippen LogP contribution < -0.4 is 20.1 Å². The van der Waals surface area contributed by atoms with Gasteiger partial charge in [0.2, 0.25) is 11.8 Å². The first-order chi connectivity index (χ1) is 12.7. The van der Waals surface area contributed by atoms with Gasteiger partial charge in [-0.25, -0.2) is 0 Å². The van der Waals surface area contributed by atoms with Gasteiger partial charge in [0, 0.05) is 0 Å². The maximum atomic E-state index is 12.2. The highest BCUT2D eigenvalue weighted by molar-refractivity contribution is 6.08. The molecule has 0 saturated carbocycles. The Labute approximate surface area is 152 Å². The minimum absolute atomic E-state index is 0.289. The fourth-order valence-corrected chi connectivity index (χ4v) is 2.67. The Hall–Kier alpha value is -3.02. The summed E-state index contributed by atoms with van der Waals surface area (Å²) in [6.07, 6.45) is 2.46. The van der Waals surface area contributed by atoms with Crippen LogP contribution in [0, 0.1) is 0 Å². The third-order valence-electron chi connectivity index (χ3n) is 3.95. The molecule has 0 fully saturated rings. The molecule has 26 heavy (non-hydrogen) atoms. The summed E-state index contributed by atoms with van der Waals surface area (Å²) in [5, 5.41) is 5.48. The fourth-order valence-electron chi connectivity index (χ4n) is 2.67. The van der Waals surface area contributed by atoms with Crippen LogP contribution in [0.25, 0.3) is 0 Å². The molecule has 2 amide bonds. The number of carbonyl (C=O) groups excluding carboxylic acids is 2. The van der Waals surface area contributed by atoms with Gasteiger partial charge in [0.15, 0.2) is 0 Å². The van der Waals surface area contributed by atoms with Crippen LogP contribution in [0.4, 0.5) is 11.4 Å². The molecule has 0 bridgehead atoms. The van der Waals surface area contributed by atoms with Crippen molar-refractivity contribution < 1.29 is 19.1 Å². The van der Waals surface area contributed by atoms with Gasteiger partial charge in [0.25, 0.3) is 0 Å². The van der Waals surface area contributed by atoms with E-state index in [2.05, 4.69) is 10.6 Å². The summed E-state index contributed by atoms with van der Waals surface area (Å²) in [6.45, 7) is 1.12. The molecule has 6 nitrogen and oxygen atoms in total. The molecular formula is C20H22N2O4. The van der Waals surface area contributed by atoms with E-state index >= 15 is 0 Å². The van der Waals surface area contributed by atoms with Gasteiger partial charge >= 0.3 is 0 Å². The second-order valence-corrected chi connectivity index (χ2v) is 6.02. The van der Waals surface area contributed by atoms with Crippen molar-refractivity contribution in [1.82, 2.24) is 0 Å². The predicted octanol–water partition coefficient (Wildman–Crippen LogP) is 3.60. The Balaban J connectivity index is 1.76. The molecule has 1 heterocycles. The van der Waals surface area contributed by atoms with E-state index < -0.39 is 11.8 Å². The summed E-state index contributed by atoms with van der Waals surface area (Å²) >= 11 is 0. The van der Waals surface area contributed by atoms with Gasteiger partial charge in [-0.3, -0.25) is 9.59 Å². The maximum absolute atomic E-state index is 12.2. The summed E-state index contributed by atoms with van der Waals surface area (Å²) < 4.78 is 11.5. The van der Waals surface area contributed by atoms with Gasteiger partial charge < -0.3 is 20.1 Å². The van der Waals surface area contributed by atoms with Crippen molar-refractivity contribution in [2.24, 2.45) is 0 Å². The quantitative estimate of drug-likeness (QED) is 0.709. The van der Waals surface area contributed by atoms with Crippen molar-refractivity contribution >= 4 is 23.2 Å². The molecule has 1 aliphatic rings. The fraction of sp³-hybridized carbons (Fsp3) is 0.300. The Bertz CT molecular complexity index is 712. The third kappa shape index (κ3) is 4.99. The smallest absolute Gasteiger partial charge is 0.233 e. The molecule has 136 valence electrons. The first-order valence-electron chi connectivity index (χ1n) is 8.76. The number of anilines is 2. The average Bonchev–Trinajstić information content (AvgIpc) is 2.62. The van der Waals surface area contributed by atoms with Crippen LogP contribution in [0.1, 0.15) is 25.7 Å². The van der Waals surface area contributed by atoms with E-state index in [1.165, 1.54) is 0 Å². The number of fused-ring (bicyclic) bond motifs is 2. The lowest BCUT2D eigenvalue weighted by molar-refractivity contribution is -0.123. The first kappa shape index (κ1) is 17.8. The van der Waals surface area contributed by atoms with Crippen molar-refractivity contribution in [3.8, 4) is 11.5 Å². The Kier molecular flexibility index (Phi) is 6.09. The van der Waals surface area contributed by atoms with E-state index in [-0.39, 0.29) is 6.42 Å². The highest BCUT2D eigenvalue weighted by Gasteiger charge is 2.14. The van der Waals surface area contributed by atoms with Crippen molar-refractivity contribution in [2.75, 3.05) is 23.8 Å². The number of hydrogen-bond donors (Lipinski definition) is 2. The summed E-state index contributed by atoms with van der Waals surface area (Å²) in [7, 11) is 0. The van der Waals surface area contributed by atoms with Crippen LogP contribution in [-0.2, 0) is 9.59 Å². The largest absolute Gasteiger partial charge is 0.491 e. The summed E-state index contributed by atoms with van der Waals surface area (Å²) in [6, 6.07) is 14.5. The summed E-state index contributed by atoms with van der Waals surface area (Å²) in [5.41, 5.74) is 1.14. The molecular weight excluding hydrogens is 332 g/mol. The number of rotatable bonds is 0. The highest BCUT2D eigenvalue weighted by atomic mass is 16.5. The van der Waals surface area contributed by atoms with Crippen LogP contribution in [0.2, 0.25) is 0 Å². The van der Waals surface area contributed by atoms with Gasteiger partial charge in [-0.05, 0) is 43.5 Å². The molecule has 0 unspecified atom stereocenters. The molecule has 1 aliphatic heterocycles. The van der Waals surface area contributed by atoms with Gasteiger partial charge in [0.1, 0.15) is 17.9 Å². The van der Waals surface area contributed by atoms with Gasteiger partial charge in [-0.15, -0.1) is 0 Å². The molecule has 2 aromatic carbocycles. The van der Waals surface area contributed by atoms with Gasteiger partial charge in [-0.1, -0.05) is 24.3 Å². The number of nitrogens with one attached hydrogen (secondary N) is 2. The molecule has 0 saturated heterocycles. The second kappa shape index (κ2) is 8.89. The van der Waals surface area contributed by atoms with Crippen molar-refractivity contribution in [1.29, 1.82) is 0 Å². The van der Waals surface area contributed by atoms with Crippen LogP contribution in [0.5, 0.6) is 11.5 Å². The molecule has 0 atom stereocenters. The number of benzene rings is 2. The Morgan fingerprint density at radius 2 is 1.12 bits per heavy atom. The zero-order chi connectivity index (χ0) is 18.2. The Morgan fingerprint density at radius 3 is 1.62 bits per heavy atom. The topological polar surface area (TPSA) is 76.7 Å². The van der Waals surface area contributed by atoms with Crippen LogP contribution in [-0.4, -0.2) is 25.0 Å². The SMILES string of the molecule is O=C1CC(=O)Nc2ccccc2OCCCCCOc2ccccc2N1. The van der Waals surface area contributed by atoms with Gasteiger partial charge in [0.05, 0.1) is 24.6 Å². The molecule has 0 spiro atoms. The zero-order valence-electron chi connectivity index (χ0n) is 14.5. The maximum Gasteiger partial charge on any atom is 0.233 e. The number of carbonyl (C=O) groups is 2. The molecule has 0 aromatic heterocycles. The van der Waals surface area contributed by atoms with E-state index in [1.807, 2.05) is 24.3 Å².